The zero-order valence-corrected chi connectivity index (χ0v) is 25.0. The van der Waals surface area contributed by atoms with E-state index in [-0.39, 0.29) is 5.41 Å². The fraction of sp³-hybridized carbons (Fsp3) is 0.0732. The molecule has 0 N–H and O–H groups in total. The molecule has 0 atom stereocenters. The fourth-order valence-corrected chi connectivity index (χ4v) is 6.98. The Kier molecular flexibility index (Phi) is 5.51. The number of hydrogen-bond donors (Lipinski definition) is 0. The van der Waals surface area contributed by atoms with Crippen LogP contribution >= 0.6 is 0 Å². The highest BCUT2D eigenvalue weighted by Gasteiger charge is 2.42. The van der Waals surface area contributed by atoms with Crippen molar-refractivity contribution in [2.24, 2.45) is 0 Å². The van der Waals surface area contributed by atoms with E-state index in [9.17, 15) is 0 Å². The van der Waals surface area contributed by atoms with Gasteiger partial charge in [-0.25, -0.2) is 9.97 Å². The highest BCUT2D eigenvalue weighted by atomic mass is 16.3. The lowest BCUT2D eigenvalue weighted by Gasteiger charge is -2.18. The summed E-state index contributed by atoms with van der Waals surface area (Å²) in [6.45, 7) is 4.52. The molecule has 4 nitrogen and oxygen atoms in total. The molecule has 1 aliphatic rings. The average Bonchev–Trinajstić information content (AvgIpc) is 3.71. The molecule has 5 aromatic carbocycles. The molecule has 0 fully saturated rings. The van der Waals surface area contributed by atoms with E-state index in [0.29, 0.717) is 5.82 Å². The summed E-state index contributed by atoms with van der Waals surface area (Å²) in [5.41, 5.74) is 12.7. The quantitative estimate of drug-likeness (QED) is 0.208. The van der Waals surface area contributed by atoms with Crippen molar-refractivity contribution in [3.8, 4) is 50.7 Å². The van der Waals surface area contributed by atoms with Gasteiger partial charge in [0.2, 0.25) is 0 Å². The maximum Gasteiger partial charge on any atom is 0.161 e. The molecule has 0 saturated heterocycles. The Morgan fingerprint density at radius 3 is 1.89 bits per heavy atom. The first-order valence-corrected chi connectivity index (χ1v) is 15.3. The first-order valence-electron chi connectivity index (χ1n) is 15.3. The van der Waals surface area contributed by atoms with Gasteiger partial charge in [-0.1, -0.05) is 97.1 Å². The summed E-state index contributed by atoms with van der Waals surface area (Å²) in [7, 11) is 0. The maximum atomic E-state index is 6.79. The van der Waals surface area contributed by atoms with Crippen molar-refractivity contribution in [2.45, 2.75) is 19.3 Å². The second-order valence-electron chi connectivity index (χ2n) is 12.2. The van der Waals surface area contributed by atoms with Gasteiger partial charge in [0.05, 0.1) is 16.9 Å². The summed E-state index contributed by atoms with van der Waals surface area (Å²) in [6, 6.07) is 48.5. The lowest BCUT2D eigenvalue weighted by molar-refractivity contribution is 0.466. The molecule has 3 aromatic heterocycles. The van der Waals surface area contributed by atoms with Gasteiger partial charge in [-0.15, -0.1) is 0 Å². The minimum Gasteiger partial charge on any atom is -0.457 e. The molecule has 8 aromatic rings. The van der Waals surface area contributed by atoms with E-state index < -0.39 is 0 Å². The van der Waals surface area contributed by atoms with Crippen molar-refractivity contribution in [1.29, 1.82) is 0 Å². The van der Waals surface area contributed by atoms with Crippen molar-refractivity contribution in [3.63, 3.8) is 0 Å². The smallest absolute Gasteiger partial charge is 0.161 e. The van der Waals surface area contributed by atoms with Crippen molar-refractivity contribution in [2.75, 3.05) is 0 Å². The van der Waals surface area contributed by atoms with Gasteiger partial charge in [-0.05, 0) is 67.4 Å². The van der Waals surface area contributed by atoms with Crippen LogP contribution in [-0.2, 0) is 5.41 Å². The van der Waals surface area contributed by atoms with Crippen LogP contribution in [0.2, 0.25) is 0 Å². The number of furan rings is 1. The van der Waals surface area contributed by atoms with Crippen LogP contribution in [0.25, 0.3) is 72.7 Å². The predicted octanol–water partition coefficient (Wildman–Crippen LogP) is 10.5. The van der Waals surface area contributed by atoms with E-state index in [1.165, 1.54) is 16.7 Å². The zero-order chi connectivity index (χ0) is 30.1. The molecule has 4 heteroatoms. The summed E-state index contributed by atoms with van der Waals surface area (Å²) in [5, 5.41) is 1.12. The lowest BCUT2D eigenvalue weighted by atomic mass is 9.86. The van der Waals surface area contributed by atoms with E-state index in [4.69, 9.17) is 14.4 Å². The minimum atomic E-state index is -0.210. The van der Waals surface area contributed by atoms with Gasteiger partial charge in [0.1, 0.15) is 11.3 Å². The summed E-state index contributed by atoms with van der Waals surface area (Å²) in [6.07, 6.45) is 0. The third kappa shape index (κ3) is 3.85. The number of fused-ring (bicyclic) bond motifs is 7. The van der Waals surface area contributed by atoms with Gasteiger partial charge in [0, 0.05) is 38.7 Å². The number of nitrogens with zero attached hydrogens (tertiary/aromatic N) is 3. The van der Waals surface area contributed by atoms with E-state index in [2.05, 4.69) is 122 Å². The van der Waals surface area contributed by atoms with Gasteiger partial charge in [-0.3, -0.25) is 0 Å². The number of hydrogen-bond acceptors (Lipinski definition) is 3. The number of aromatic nitrogens is 3. The average molecular weight is 580 g/mol. The van der Waals surface area contributed by atoms with E-state index in [0.717, 1.165) is 61.5 Å². The van der Waals surface area contributed by atoms with Crippen molar-refractivity contribution >= 4 is 22.0 Å². The Balaban J connectivity index is 1.23. The number of rotatable bonds is 4. The third-order valence-corrected chi connectivity index (χ3v) is 9.18. The van der Waals surface area contributed by atoms with Crippen LogP contribution in [0.4, 0.5) is 0 Å². The summed E-state index contributed by atoms with van der Waals surface area (Å²) >= 11 is 0. The van der Waals surface area contributed by atoms with Crippen LogP contribution in [0.1, 0.15) is 25.2 Å². The van der Waals surface area contributed by atoms with Crippen LogP contribution in [-0.4, -0.2) is 14.5 Å². The van der Waals surface area contributed by atoms with E-state index in [1.807, 2.05) is 36.4 Å². The molecule has 0 aliphatic heterocycles. The first-order chi connectivity index (χ1) is 22.1. The number of para-hydroxylation sites is 1. The molecule has 0 amide bonds. The highest BCUT2D eigenvalue weighted by molar-refractivity contribution is 6.13. The van der Waals surface area contributed by atoms with Gasteiger partial charge in [-0.2, -0.15) is 0 Å². The van der Waals surface area contributed by atoms with Crippen molar-refractivity contribution in [1.82, 2.24) is 14.5 Å². The topological polar surface area (TPSA) is 43.9 Å². The molecule has 45 heavy (non-hydrogen) atoms. The summed E-state index contributed by atoms with van der Waals surface area (Å²) in [5.74, 6) is 1.73. The maximum absolute atomic E-state index is 6.79. The summed E-state index contributed by atoms with van der Waals surface area (Å²) < 4.78 is 9.14. The molecule has 0 unspecified atom stereocenters. The Labute approximate surface area is 261 Å². The normalized spacial score (nSPS) is 13.3. The second-order valence-corrected chi connectivity index (χ2v) is 12.2. The predicted molar refractivity (Wildman–Crippen MR) is 183 cm³/mol. The number of benzene rings is 5. The molecule has 0 spiro atoms. The Hall–Kier alpha value is -5.74. The van der Waals surface area contributed by atoms with Gasteiger partial charge in [0.15, 0.2) is 11.4 Å². The molecule has 0 bridgehead atoms. The Morgan fingerprint density at radius 2 is 1.20 bits per heavy atom. The zero-order valence-electron chi connectivity index (χ0n) is 25.0. The highest BCUT2D eigenvalue weighted by Crippen LogP contribution is 2.54. The molecular formula is C41H29N3O. The SMILES string of the molecule is CC1(C)c2ccccc2-c2c1oc1c3ccccc3n(-c3ccc(-c4nc(-c5ccccc5)cc(-c5ccccc5)n4)cc3)c21. The Morgan fingerprint density at radius 1 is 0.600 bits per heavy atom. The van der Waals surface area contributed by atoms with Gasteiger partial charge < -0.3 is 8.98 Å². The lowest BCUT2D eigenvalue weighted by Crippen LogP contribution is -2.14. The monoisotopic (exact) mass is 579 g/mol. The molecule has 1 aliphatic carbocycles. The minimum absolute atomic E-state index is 0.210. The molecule has 0 saturated carbocycles. The van der Waals surface area contributed by atoms with Crippen molar-refractivity contribution < 1.29 is 4.42 Å². The summed E-state index contributed by atoms with van der Waals surface area (Å²) in [4.78, 5) is 10.1. The standard InChI is InChI=1S/C41H29N3O/c1-41(2)32-19-11-9-17-30(32)36-37-38(45-39(36)41)31-18-10-12-20-35(31)44(37)29-23-21-28(22-24-29)40-42-33(26-13-5-3-6-14-26)25-34(43-40)27-15-7-4-8-16-27/h3-25H,1-2H3. The van der Waals surface area contributed by atoms with Gasteiger partial charge >= 0.3 is 0 Å². The molecule has 0 radical (unpaired) electrons. The molecular weight excluding hydrogens is 550 g/mol. The third-order valence-electron chi connectivity index (χ3n) is 9.18. The van der Waals surface area contributed by atoms with Gasteiger partial charge in [0.25, 0.3) is 0 Å². The van der Waals surface area contributed by atoms with E-state index in [1.54, 1.807) is 0 Å². The Bertz CT molecular complexity index is 2320. The van der Waals surface area contributed by atoms with Crippen LogP contribution in [0.3, 0.4) is 0 Å². The van der Waals surface area contributed by atoms with Crippen LogP contribution in [0.15, 0.2) is 144 Å². The second kappa shape index (κ2) is 9.63. The van der Waals surface area contributed by atoms with Crippen LogP contribution in [0, 0.1) is 0 Å². The first kappa shape index (κ1) is 25.7. The molecule has 9 rings (SSSR count). The van der Waals surface area contributed by atoms with Crippen LogP contribution in [0.5, 0.6) is 0 Å². The van der Waals surface area contributed by atoms with E-state index >= 15 is 0 Å². The van der Waals surface area contributed by atoms with Crippen LogP contribution < -0.4 is 0 Å². The fourth-order valence-electron chi connectivity index (χ4n) is 6.98. The largest absolute Gasteiger partial charge is 0.457 e. The molecule has 214 valence electrons. The van der Waals surface area contributed by atoms with Crippen molar-refractivity contribution in [3.05, 3.63) is 151 Å². The molecule has 3 heterocycles.